The topological polar surface area (TPSA) is 65.1 Å². The van der Waals surface area contributed by atoms with Crippen molar-refractivity contribution in [2.45, 2.75) is 26.9 Å². The Labute approximate surface area is 197 Å². The standard InChI is InChI=1S/C24H25NO5S2/c1-3-28-20-14-18(10-11-19(20)30-16-17-8-6-5-7-9-17)15-21-23(27)25(24(31)32-21)13-12-22(26)29-4-2/h5-11,14-15H,3-4,12-13,16H2,1-2H3/b21-15-. The Morgan fingerprint density at radius 2 is 1.84 bits per heavy atom. The first-order chi connectivity index (χ1) is 15.5. The highest BCUT2D eigenvalue weighted by molar-refractivity contribution is 8.26. The third kappa shape index (κ3) is 6.34. The van der Waals surface area contributed by atoms with Gasteiger partial charge in [-0.05, 0) is 43.2 Å². The van der Waals surface area contributed by atoms with Crippen molar-refractivity contribution >= 4 is 46.3 Å². The number of carbonyl (C=O) groups excluding carboxylic acids is 2. The third-order valence-electron chi connectivity index (χ3n) is 4.52. The molecule has 1 fully saturated rings. The quantitative estimate of drug-likeness (QED) is 0.280. The number of benzene rings is 2. The SMILES string of the molecule is CCOC(=O)CCN1C(=O)/C(=C/c2ccc(OCc3ccccc3)c(OCC)c2)SC1=S. The van der Waals surface area contributed by atoms with Gasteiger partial charge in [-0.25, -0.2) is 0 Å². The Hall–Kier alpha value is -2.84. The van der Waals surface area contributed by atoms with Crippen molar-refractivity contribution in [2.75, 3.05) is 19.8 Å². The molecule has 1 amide bonds. The molecule has 0 bridgehead atoms. The van der Waals surface area contributed by atoms with E-state index in [1.165, 1.54) is 16.7 Å². The number of hydrogen-bond acceptors (Lipinski definition) is 7. The molecule has 0 atom stereocenters. The van der Waals surface area contributed by atoms with Crippen molar-refractivity contribution < 1.29 is 23.8 Å². The van der Waals surface area contributed by atoms with Gasteiger partial charge in [-0.3, -0.25) is 14.5 Å². The number of rotatable bonds is 10. The van der Waals surface area contributed by atoms with E-state index in [-0.39, 0.29) is 24.8 Å². The van der Waals surface area contributed by atoms with Crippen LogP contribution in [-0.4, -0.2) is 40.9 Å². The number of hydrogen-bond donors (Lipinski definition) is 0. The molecule has 6 nitrogen and oxygen atoms in total. The number of nitrogens with zero attached hydrogens (tertiary/aromatic N) is 1. The molecule has 168 valence electrons. The Bertz CT molecular complexity index is 1010. The Balaban J connectivity index is 1.71. The molecular formula is C24H25NO5S2. The van der Waals surface area contributed by atoms with Crippen molar-refractivity contribution in [3.63, 3.8) is 0 Å². The maximum Gasteiger partial charge on any atom is 0.307 e. The highest BCUT2D eigenvalue weighted by atomic mass is 32.2. The van der Waals surface area contributed by atoms with Gasteiger partial charge in [0.25, 0.3) is 5.91 Å². The molecule has 32 heavy (non-hydrogen) atoms. The molecule has 8 heteroatoms. The molecule has 0 N–H and O–H groups in total. The van der Waals surface area contributed by atoms with Crippen molar-refractivity contribution in [2.24, 2.45) is 0 Å². The lowest BCUT2D eigenvalue weighted by Gasteiger charge is -2.13. The van der Waals surface area contributed by atoms with Crippen LogP contribution in [-0.2, 0) is 20.9 Å². The minimum absolute atomic E-state index is 0.107. The van der Waals surface area contributed by atoms with E-state index in [2.05, 4.69) is 0 Å². The summed E-state index contributed by atoms with van der Waals surface area (Å²) in [5.74, 6) is 0.675. The van der Waals surface area contributed by atoms with Crippen LogP contribution < -0.4 is 9.47 Å². The Morgan fingerprint density at radius 1 is 1.06 bits per heavy atom. The first-order valence-corrected chi connectivity index (χ1v) is 11.6. The lowest BCUT2D eigenvalue weighted by atomic mass is 10.1. The molecule has 0 aromatic heterocycles. The number of thioether (sulfide) groups is 1. The first kappa shape index (κ1) is 23.8. The molecule has 1 saturated heterocycles. The van der Waals surface area contributed by atoms with Crippen molar-refractivity contribution in [3.05, 3.63) is 64.6 Å². The summed E-state index contributed by atoms with van der Waals surface area (Å²) in [4.78, 5) is 26.3. The number of esters is 1. The van der Waals surface area contributed by atoms with Crippen LogP contribution >= 0.6 is 24.0 Å². The first-order valence-electron chi connectivity index (χ1n) is 10.4. The monoisotopic (exact) mass is 471 g/mol. The summed E-state index contributed by atoms with van der Waals surface area (Å²) in [6.07, 6.45) is 1.88. The second kappa shape index (κ2) is 11.7. The predicted octanol–water partition coefficient (Wildman–Crippen LogP) is 4.82. The average Bonchev–Trinajstić information content (AvgIpc) is 3.05. The van der Waals surface area contributed by atoms with Gasteiger partial charge in [0.2, 0.25) is 0 Å². The summed E-state index contributed by atoms with van der Waals surface area (Å²) < 4.78 is 17.0. The minimum atomic E-state index is -0.349. The van der Waals surface area contributed by atoms with Crippen molar-refractivity contribution in [1.29, 1.82) is 0 Å². The van der Waals surface area contributed by atoms with Gasteiger partial charge in [-0.15, -0.1) is 0 Å². The molecule has 3 rings (SSSR count). The normalized spacial score (nSPS) is 14.7. The van der Waals surface area contributed by atoms with Gasteiger partial charge in [0.05, 0.1) is 24.5 Å². The fourth-order valence-corrected chi connectivity index (χ4v) is 4.33. The zero-order valence-corrected chi connectivity index (χ0v) is 19.7. The molecule has 1 heterocycles. The van der Waals surface area contributed by atoms with Gasteiger partial charge in [0.1, 0.15) is 10.9 Å². The van der Waals surface area contributed by atoms with Crippen molar-refractivity contribution in [3.8, 4) is 11.5 Å². The second-order valence-electron chi connectivity index (χ2n) is 6.80. The van der Waals surface area contributed by atoms with E-state index in [4.69, 9.17) is 26.4 Å². The van der Waals surface area contributed by atoms with Crippen LogP contribution in [0.15, 0.2) is 53.4 Å². The average molecular weight is 472 g/mol. The lowest BCUT2D eigenvalue weighted by Crippen LogP contribution is -2.30. The van der Waals surface area contributed by atoms with Crippen LogP contribution in [0.4, 0.5) is 0 Å². The molecule has 0 spiro atoms. The summed E-state index contributed by atoms with van der Waals surface area (Å²) in [5.41, 5.74) is 1.86. The van der Waals surface area contributed by atoms with Crippen LogP contribution in [0.5, 0.6) is 11.5 Å². The van der Waals surface area contributed by atoms with E-state index in [1.54, 1.807) is 13.0 Å². The Kier molecular flexibility index (Phi) is 8.70. The highest BCUT2D eigenvalue weighted by Gasteiger charge is 2.32. The van der Waals surface area contributed by atoms with Crippen LogP contribution in [0.1, 0.15) is 31.4 Å². The summed E-state index contributed by atoms with van der Waals surface area (Å²) in [7, 11) is 0. The van der Waals surface area contributed by atoms with Gasteiger partial charge in [0, 0.05) is 6.54 Å². The predicted molar refractivity (Wildman–Crippen MR) is 130 cm³/mol. The fraction of sp³-hybridized carbons (Fsp3) is 0.292. The van der Waals surface area contributed by atoms with Crippen molar-refractivity contribution in [1.82, 2.24) is 4.90 Å². The van der Waals surface area contributed by atoms with E-state index in [0.29, 0.717) is 40.5 Å². The van der Waals surface area contributed by atoms with E-state index < -0.39 is 0 Å². The van der Waals surface area contributed by atoms with Crippen LogP contribution in [0, 0.1) is 0 Å². The molecule has 1 aliphatic rings. The van der Waals surface area contributed by atoms with E-state index in [9.17, 15) is 9.59 Å². The summed E-state index contributed by atoms with van der Waals surface area (Å²) in [6, 6.07) is 15.4. The van der Waals surface area contributed by atoms with Gasteiger partial charge in [-0.1, -0.05) is 60.4 Å². The largest absolute Gasteiger partial charge is 0.490 e. The molecule has 2 aromatic carbocycles. The zero-order valence-electron chi connectivity index (χ0n) is 18.0. The Morgan fingerprint density at radius 3 is 2.56 bits per heavy atom. The van der Waals surface area contributed by atoms with Gasteiger partial charge in [0.15, 0.2) is 11.5 Å². The maximum atomic E-state index is 12.8. The minimum Gasteiger partial charge on any atom is -0.490 e. The number of amides is 1. The smallest absolute Gasteiger partial charge is 0.307 e. The van der Waals surface area contributed by atoms with E-state index in [1.807, 2.05) is 55.5 Å². The molecule has 0 saturated carbocycles. The molecule has 1 aliphatic heterocycles. The number of ether oxygens (including phenoxy) is 3. The number of carbonyl (C=O) groups is 2. The molecule has 0 aliphatic carbocycles. The zero-order chi connectivity index (χ0) is 22.9. The fourth-order valence-electron chi connectivity index (χ4n) is 3.02. The van der Waals surface area contributed by atoms with E-state index >= 15 is 0 Å². The van der Waals surface area contributed by atoms with Gasteiger partial charge < -0.3 is 14.2 Å². The van der Waals surface area contributed by atoms with Crippen LogP contribution in [0.25, 0.3) is 6.08 Å². The molecule has 2 aromatic rings. The molecule has 0 unspecified atom stereocenters. The van der Waals surface area contributed by atoms with Crippen LogP contribution in [0.3, 0.4) is 0 Å². The highest BCUT2D eigenvalue weighted by Crippen LogP contribution is 2.35. The maximum absolute atomic E-state index is 12.8. The van der Waals surface area contributed by atoms with E-state index in [0.717, 1.165) is 11.1 Å². The van der Waals surface area contributed by atoms with Crippen LogP contribution in [0.2, 0.25) is 0 Å². The number of thiocarbonyl (C=S) groups is 1. The van der Waals surface area contributed by atoms with Gasteiger partial charge in [-0.2, -0.15) is 0 Å². The second-order valence-corrected chi connectivity index (χ2v) is 8.48. The van der Waals surface area contributed by atoms with Gasteiger partial charge >= 0.3 is 5.97 Å². The summed E-state index contributed by atoms with van der Waals surface area (Å²) in [5, 5.41) is 0. The molecule has 0 radical (unpaired) electrons. The molecular weight excluding hydrogens is 446 g/mol. The summed E-state index contributed by atoms with van der Waals surface area (Å²) in [6.45, 7) is 5.08. The third-order valence-corrected chi connectivity index (χ3v) is 5.90. The summed E-state index contributed by atoms with van der Waals surface area (Å²) >= 11 is 6.54. The lowest BCUT2D eigenvalue weighted by molar-refractivity contribution is -0.143.